The second-order valence-electron chi connectivity index (χ2n) is 17.4. The van der Waals surface area contributed by atoms with Gasteiger partial charge in [0.25, 0.3) is 0 Å². The summed E-state index contributed by atoms with van der Waals surface area (Å²) in [6, 6.07) is 44.4. The predicted molar refractivity (Wildman–Crippen MR) is 215 cm³/mol. The third kappa shape index (κ3) is 3.76. The van der Waals surface area contributed by atoms with Crippen molar-refractivity contribution in [3.63, 3.8) is 0 Å². The molecule has 0 amide bonds. The molecule has 1 aromatic heterocycles. The summed E-state index contributed by atoms with van der Waals surface area (Å²) in [4.78, 5) is 2.58. The fourth-order valence-electron chi connectivity index (χ4n) is 9.55. The minimum absolute atomic E-state index is 0.0107. The van der Waals surface area contributed by atoms with Crippen LogP contribution in [0.1, 0.15) is 77.8 Å². The van der Waals surface area contributed by atoms with Crippen molar-refractivity contribution in [2.45, 2.75) is 71.6 Å². The number of hydrogen-bond donors (Lipinski definition) is 0. The number of benzene rings is 6. The normalized spacial score (nSPS) is 15.3. The quantitative estimate of drug-likeness (QED) is 0.161. The van der Waals surface area contributed by atoms with Crippen molar-refractivity contribution < 1.29 is 0 Å². The largest absolute Gasteiger partial charge is 0.378 e. The van der Waals surface area contributed by atoms with Crippen LogP contribution in [0.4, 0.5) is 17.1 Å². The van der Waals surface area contributed by atoms with Gasteiger partial charge < -0.3 is 9.38 Å². The number of hydrogen-bond acceptors (Lipinski definition) is 1. The van der Waals surface area contributed by atoms with Gasteiger partial charge in [-0.25, -0.2) is 0 Å². The summed E-state index contributed by atoms with van der Waals surface area (Å²) < 4.78 is 2.78. The highest BCUT2D eigenvalue weighted by atomic mass is 15.2. The van der Waals surface area contributed by atoms with Gasteiger partial charge in [-0.1, -0.05) is 146 Å². The first-order valence-electron chi connectivity index (χ1n) is 18.2. The Kier molecular flexibility index (Phi) is 5.74. The Morgan fingerprint density at radius 3 is 2.02 bits per heavy atom. The summed E-state index contributed by atoms with van der Waals surface area (Å²) in [5.74, 6) is 0. The molecule has 0 saturated heterocycles. The van der Waals surface area contributed by atoms with Crippen LogP contribution in [0.15, 0.2) is 115 Å². The van der Waals surface area contributed by atoms with Crippen LogP contribution in [0.5, 0.6) is 0 Å². The molecule has 7 aromatic rings. The van der Waals surface area contributed by atoms with E-state index in [9.17, 15) is 0 Å². The zero-order chi connectivity index (χ0) is 34.5. The number of anilines is 3. The number of rotatable bonds is 1. The van der Waals surface area contributed by atoms with E-state index in [-0.39, 0.29) is 23.1 Å². The van der Waals surface area contributed by atoms with Crippen molar-refractivity contribution in [2.75, 3.05) is 4.90 Å². The minimum Gasteiger partial charge on any atom is -0.378 e. The van der Waals surface area contributed by atoms with E-state index < -0.39 is 0 Å². The van der Waals surface area contributed by atoms with Gasteiger partial charge in [-0.3, -0.25) is 0 Å². The van der Waals surface area contributed by atoms with Gasteiger partial charge in [-0.2, -0.15) is 0 Å². The molecule has 50 heavy (non-hydrogen) atoms. The first-order valence-corrected chi connectivity index (χ1v) is 18.2. The molecule has 10 rings (SSSR count). The lowest BCUT2D eigenvalue weighted by molar-refractivity contribution is 0.590. The predicted octanol–water partition coefficient (Wildman–Crippen LogP) is 11.1. The van der Waals surface area contributed by atoms with E-state index >= 15 is 0 Å². The van der Waals surface area contributed by atoms with Crippen LogP contribution in [0, 0.1) is 0 Å². The van der Waals surface area contributed by atoms with Crippen LogP contribution in [-0.2, 0) is 16.2 Å². The number of fused-ring (bicyclic) bond motifs is 11. The van der Waals surface area contributed by atoms with E-state index in [1.54, 1.807) is 0 Å². The van der Waals surface area contributed by atoms with Gasteiger partial charge in [0.05, 0.1) is 5.69 Å². The fourth-order valence-corrected chi connectivity index (χ4v) is 9.55. The summed E-state index contributed by atoms with van der Waals surface area (Å²) in [5, 5.41) is 3.94. The highest BCUT2D eigenvalue weighted by Gasteiger charge is 2.49. The van der Waals surface area contributed by atoms with Crippen molar-refractivity contribution in [1.29, 1.82) is 0 Å². The van der Waals surface area contributed by atoms with E-state index in [2.05, 4.69) is 180 Å². The lowest BCUT2D eigenvalue weighted by Gasteiger charge is -2.43. The van der Waals surface area contributed by atoms with Crippen molar-refractivity contribution in [1.82, 2.24) is 4.48 Å². The van der Waals surface area contributed by atoms with Crippen molar-refractivity contribution in [3.05, 3.63) is 138 Å². The van der Waals surface area contributed by atoms with Crippen LogP contribution < -0.4 is 15.8 Å². The van der Waals surface area contributed by atoms with E-state index in [0.29, 0.717) is 0 Å². The van der Waals surface area contributed by atoms with Gasteiger partial charge in [-0.15, -0.1) is 0 Å². The van der Waals surface area contributed by atoms with Crippen molar-refractivity contribution in [2.24, 2.45) is 0 Å². The Balaban J connectivity index is 1.39. The molecule has 0 fully saturated rings. The minimum atomic E-state index is -0.154. The Bertz CT molecular complexity index is 2590. The maximum atomic E-state index is 2.78. The molecule has 0 N–H and O–H groups in total. The lowest BCUT2D eigenvalue weighted by atomic mass is 9.44. The molecule has 3 aliphatic rings. The molecule has 6 aromatic carbocycles. The standard InChI is InChI=1S/C47H43BN2/c1-45(2,3)29-20-23-31(24-21-29)49-39-25-22-30(46(4,5)6)27-38(39)48-41-36(26-28-14-9-10-15-32(28)43(41)49)33-17-13-18-35-40-34-16-11-12-19-37(34)47(7,8)44(40)50(48)42(33)35/h9-27H,1-8H3. The highest BCUT2D eigenvalue weighted by Crippen LogP contribution is 2.56. The maximum Gasteiger partial charge on any atom is 0.332 e. The fraction of sp³-hybridized carbons (Fsp3) is 0.234. The zero-order valence-electron chi connectivity index (χ0n) is 30.4. The molecule has 3 heterocycles. The van der Waals surface area contributed by atoms with E-state index in [1.807, 2.05) is 0 Å². The molecule has 0 bridgehead atoms. The average Bonchev–Trinajstić information content (AvgIpc) is 3.56. The van der Waals surface area contributed by atoms with Crippen LogP contribution in [0.3, 0.4) is 0 Å². The smallest absolute Gasteiger partial charge is 0.332 e. The van der Waals surface area contributed by atoms with Crippen LogP contribution in [0.25, 0.3) is 43.9 Å². The summed E-state index contributed by atoms with van der Waals surface area (Å²) in [6.45, 7) is 18.8. The molecule has 0 atom stereocenters. The Morgan fingerprint density at radius 2 is 1.26 bits per heavy atom. The molecule has 0 saturated carbocycles. The van der Waals surface area contributed by atoms with Crippen LogP contribution >= 0.6 is 0 Å². The molecule has 0 unspecified atom stereocenters. The van der Waals surface area contributed by atoms with Crippen molar-refractivity contribution in [3.8, 4) is 22.3 Å². The van der Waals surface area contributed by atoms with Gasteiger partial charge in [0.15, 0.2) is 0 Å². The molecule has 0 radical (unpaired) electrons. The molecule has 2 aliphatic heterocycles. The van der Waals surface area contributed by atoms with Crippen LogP contribution in [-0.4, -0.2) is 11.3 Å². The maximum absolute atomic E-state index is 2.78. The van der Waals surface area contributed by atoms with Crippen molar-refractivity contribution >= 4 is 56.5 Å². The van der Waals surface area contributed by atoms with Gasteiger partial charge in [0.1, 0.15) is 0 Å². The Labute approximate surface area is 296 Å². The Hall–Kier alpha value is -5.02. The highest BCUT2D eigenvalue weighted by molar-refractivity contribution is 6.90. The molecule has 244 valence electrons. The monoisotopic (exact) mass is 646 g/mol. The van der Waals surface area contributed by atoms with E-state index in [1.165, 1.54) is 94.3 Å². The summed E-state index contributed by atoms with van der Waals surface area (Å²) in [5.41, 5.74) is 18.9. The van der Waals surface area contributed by atoms with E-state index in [4.69, 9.17) is 0 Å². The summed E-state index contributed by atoms with van der Waals surface area (Å²) >= 11 is 0. The average molecular weight is 647 g/mol. The molecule has 2 nitrogen and oxygen atoms in total. The lowest BCUT2D eigenvalue weighted by Crippen LogP contribution is -2.58. The first kappa shape index (κ1) is 29.9. The SMILES string of the molecule is CC(C)(C)c1ccc(N2c3ccc(C(C)(C)C)cc3B3c4c(cc5ccccc5c42)-c2cccc4c5c(n3c24)C(C)(C)c2ccccc2-5)cc1. The Morgan fingerprint density at radius 1 is 0.600 bits per heavy atom. The number of nitrogens with zero attached hydrogens (tertiary/aromatic N) is 2. The van der Waals surface area contributed by atoms with Gasteiger partial charge in [-0.05, 0) is 79.2 Å². The van der Waals surface area contributed by atoms with Crippen LogP contribution in [0.2, 0.25) is 0 Å². The molecule has 0 spiro atoms. The zero-order valence-corrected chi connectivity index (χ0v) is 30.4. The molecular formula is C47H43BN2. The second kappa shape index (κ2) is 9.61. The third-order valence-electron chi connectivity index (χ3n) is 12.0. The van der Waals surface area contributed by atoms with Gasteiger partial charge in [0, 0.05) is 49.9 Å². The van der Waals surface area contributed by atoms with Gasteiger partial charge in [0.2, 0.25) is 0 Å². The van der Waals surface area contributed by atoms with Gasteiger partial charge >= 0.3 is 6.85 Å². The molecule has 1 aliphatic carbocycles. The molecule has 3 heteroatoms. The summed E-state index contributed by atoms with van der Waals surface area (Å²) in [6.07, 6.45) is 0. The molecular weight excluding hydrogens is 603 g/mol. The van der Waals surface area contributed by atoms with E-state index in [0.717, 1.165) is 0 Å². The second-order valence-corrected chi connectivity index (χ2v) is 17.4. The number of para-hydroxylation sites is 1. The first-order chi connectivity index (χ1) is 23.9. The number of aromatic nitrogens is 1. The summed E-state index contributed by atoms with van der Waals surface area (Å²) in [7, 11) is 0. The topological polar surface area (TPSA) is 8.17 Å². The third-order valence-corrected chi connectivity index (χ3v) is 12.0.